The van der Waals surface area contributed by atoms with Crippen LogP contribution < -0.4 is 10.6 Å². The second-order valence-corrected chi connectivity index (χ2v) is 5.41. The molecule has 1 heterocycles. The van der Waals surface area contributed by atoms with Gasteiger partial charge in [-0.1, -0.05) is 0 Å². The Bertz CT molecular complexity index is 452. The molecule has 0 bridgehead atoms. The van der Waals surface area contributed by atoms with Crippen LogP contribution in [0.15, 0.2) is 22.7 Å². The van der Waals surface area contributed by atoms with E-state index >= 15 is 0 Å². The van der Waals surface area contributed by atoms with E-state index < -0.39 is 0 Å². The van der Waals surface area contributed by atoms with Crippen LogP contribution in [0, 0.1) is 11.3 Å². The molecule has 0 radical (unpaired) electrons. The summed E-state index contributed by atoms with van der Waals surface area (Å²) >= 11 is 3.45. The highest BCUT2D eigenvalue weighted by molar-refractivity contribution is 9.10. The molecule has 1 fully saturated rings. The van der Waals surface area contributed by atoms with E-state index in [4.69, 9.17) is 10.00 Å². The van der Waals surface area contributed by atoms with Crippen LogP contribution in [0.1, 0.15) is 18.4 Å². The Hall–Kier alpha value is -1.09. The summed E-state index contributed by atoms with van der Waals surface area (Å²) in [5, 5.41) is 15.4. The molecule has 0 unspecified atom stereocenters. The molecule has 5 heteroatoms. The summed E-state index contributed by atoms with van der Waals surface area (Å²) in [6, 6.07) is 7.65. The van der Waals surface area contributed by atoms with E-state index in [2.05, 4.69) is 32.6 Å². The fraction of sp³-hybridized carbons (Fsp3) is 0.500. The lowest BCUT2D eigenvalue weighted by Gasteiger charge is -2.23. The number of benzene rings is 1. The molecule has 1 aliphatic heterocycles. The molecule has 0 spiro atoms. The number of nitrogens with one attached hydrogen (secondary N) is 2. The van der Waals surface area contributed by atoms with Gasteiger partial charge in [0.1, 0.15) is 0 Å². The minimum Gasteiger partial charge on any atom is -0.382 e. The third kappa shape index (κ3) is 4.50. The summed E-state index contributed by atoms with van der Waals surface area (Å²) in [7, 11) is 0. The molecule has 4 nitrogen and oxygen atoms in total. The molecule has 1 aliphatic rings. The number of rotatable bonds is 5. The Morgan fingerprint density at radius 3 is 2.89 bits per heavy atom. The van der Waals surface area contributed by atoms with Crippen molar-refractivity contribution in [1.82, 2.24) is 5.32 Å². The molecular formula is C14H18BrN3O. The van der Waals surface area contributed by atoms with Crippen LogP contribution in [-0.4, -0.2) is 32.3 Å². The topological polar surface area (TPSA) is 57.1 Å². The van der Waals surface area contributed by atoms with Crippen molar-refractivity contribution in [3.05, 3.63) is 28.2 Å². The van der Waals surface area contributed by atoms with E-state index in [0.717, 1.165) is 42.6 Å². The Morgan fingerprint density at radius 2 is 2.21 bits per heavy atom. The summed E-state index contributed by atoms with van der Waals surface area (Å²) in [6.45, 7) is 3.59. The Labute approximate surface area is 122 Å². The molecular weight excluding hydrogens is 306 g/mol. The first kappa shape index (κ1) is 14.3. The maximum atomic E-state index is 8.79. The summed E-state index contributed by atoms with van der Waals surface area (Å²) in [4.78, 5) is 0. The first-order valence-electron chi connectivity index (χ1n) is 6.55. The van der Waals surface area contributed by atoms with Gasteiger partial charge in [0.05, 0.1) is 24.3 Å². The zero-order valence-corrected chi connectivity index (χ0v) is 12.4. The van der Waals surface area contributed by atoms with Crippen LogP contribution >= 0.6 is 15.9 Å². The second-order valence-electron chi connectivity index (χ2n) is 4.55. The number of hydrogen-bond donors (Lipinski definition) is 2. The maximum Gasteiger partial charge on any atom is 0.0992 e. The standard InChI is InChI=1S/C14H18BrN3O/c15-13-9-11(10-16)1-2-14(13)18-7-8-19-12-3-5-17-6-4-12/h1-2,9,12,17-18H,3-8H2. The van der Waals surface area contributed by atoms with Gasteiger partial charge in [0.15, 0.2) is 0 Å². The van der Waals surface area contributed by atoms with Gasteiger partial charge in [-0.25, -0.2) is 0 Å². The molecule has 0 aliphatic carbocycles. The van der Waals surface area contributed by atoms with E-state index in [9.17, 15) is 0 Å². The summed E-state index contributed by atoms with van der Waals surface area (Å²) < 4.78 is 6.73. The van der Waals surface area contributed by atoms with Gasteiger partial charge in [-0.05, 0) is 60.1 Å². The molecule has 2 rings (SSSR count). The summed E-state index contributed by atoms with van der Waals surface area (Å²) in [5.74, 6) is 0. The Balaban J connectivity index is 1.72. The van der Waals surface area contributed by atoms with Gasteiger partial charge in [-0.3, -0.25) is 0 Å². The number of halogens is 1. The number of ether oxygens (including phenoxy) is 1. The summed E-state index contributed by atoms with van der Waals surface area (Å²) in [5.41, 5.74) is 1.65. The third-order valence-corrected chi connectivity index (χ3v) is 3.81. The molecule has 2 N–H and O–H groups in total. The smallest absolute Gasteiger partial charge is 0.0992 e. The molecule has 1 saturated heterocycles. The van der Waals surface area contributed by atoms with Crippen LogP contribution in [0.2, 0.25) is 0 Å². The minimum absolute atomic E-state index is 0.396. The molecule has 1 aromatic carbocycles. The predicted octanol–water partition coefficient (Wildman–Crippen LogP) is 2.50. The van der Waals surface area contributed by atoms with Crippen LogP contribution in [0.3, 0.4) is 0 Å². The normalized spacial score (nSPS) is 16.0. The lowest BCUT2D eigenvalue weighted by atomic mass is 10.1. The first-order chi connectivity index (χ1) is 9.29. The van der Waals surface area contributed by atoms with Crippen LogP contribution in [-0.2, 0) is 4.74 Å². The quantitative estimate of drug-likeness (QED) is 0.817. The van der Waals surface area contributed by atoms with Crippen LogP contribution in [0.4, 0.5) is 5.69 Å². The number of hydrogen-bond acceptors (Lipinski definition) is 4. The molecule has 102 valence electrons. The highest BCUT2D eigenvalue weighted by Crippen LogP contribution is 2.23. The van der Waals surface area contributed by atoms with E-state index in [1.165, 1.54) is 0 Å². The van der Waals surface area contributed by atoms with E-state index in [0.29, 0.717) is 18.3 Å². The number of nitrogens with zero attached hydrogens (tertiary/aromatic N) is 1. The minimum atomic E-state index is 0.396. The number of anilines is 1. The van der Waals surface area contributed by atoms with Crippen molar-refractivity contribution < 1.29 is 4.74 Å². The van der Waals surface area contributed by atoms with Crippen molar-refractivity contribution in [2.75, 3.05) is 31.6 Å². The average molecular weight is 324 g/mol. The molecule has 0 amide bonds. The van der Waals surface area contributed by atoms with Gasteiger partial charge in [0.25, 0.3) is 0 Å². The van der Waals surface area contributed by atoms with Gasteiger partial charge < -0.3 is 15.4 Å². The third-order valence-electron chi connectivity index (χ3n) is 3.16. The van der Waals surface area contributed by atoms with E-state index in [-0.39, 0.29) is 0 Å². The Morgan fingerprint density at radius 1 is 1.42 bits per heavy atom. The SMILES string of the molecule is N#Cc1ccc(NCCOC2CCNCC2)c(Br)c1. The van der Waals surface area contributed by atoms with Crippen molar-refractivity contribution in [3.8, 4) is 6.07 Å². The molecule has 0 atom stereocenters. The van der Waals surface area contributed by atoms with Crippen molar-refractivity contribution in [2.45, 2.75) is 18.9 Å². The van der Waals surface area contributed by atoms with Gasteiger partial charge in [0, 0.05) is 16.7 Å². The zero-order chi connectivity index (χ0) is 13.5. The van der Waals surface area contributed by atoms with Crippen molar-refractivity contribution in [3.63, 3.8) is 0 Å². The Kier molecular flexibility index (Phi) is 5.64. The molecule has 1 aromatic rings. The van der Waals surface area contributed by atoms with Gasteiger partial charge in [-0.15, -0.1) is 0 Å². The maximum absolute atomic E-state index is 8.79. The molecule has 0 aromatic heterocycles. The molecule has 0 saturated carbocycles. The van der Waals surface area contributed by atoms with E-state index in [1.807, 2.05) is 12.1 Å². The summed E-state index contributed by atoms with van der Waals surface area (Å²) in [6.07, 6.45) is 2.59. The second kappa shape index (κ2) is 7.49. The lowest BCUT2D eigenvalue weighted by molar-refractivity contribution is 0.0394. The van der Waals surface area contributed by atoms with Gasteiger partial charge in [-0.2, -0.15) is 5.26 Å². The predicted molar refractivity (Wildman–Crippen MR) is 79.2 cm³/mol. The van der Waals surface area contributed by atoms with Crippen LogP contribution in [0.25, 0.3) is 0 Å². The number of piperidine rings is 1. The fourth-order valence-electron chi connectivity index (χ4n) is 2.10. The lowest BCUT2D eigenvalue weighted by Crippen LogP contribution is -2.33. The fourth-order valence-corrected chi connectivity index (χ4v) is 2.62. The number of nitriles is 1. The van der Waals surface area contributed by atoms with Crippen molar-refractivity contribution >= 4 is 21.6 Å². The highest BCUT2D eigenvalue weighted by atomic mass is 79.9. The zero-order valence-electron chi connectivity index (χ0n) is 10.8. The van der Waals surface area contributed by atoms with E-state index in [1.54, 1.807) is 6.07 Å². The van der Waals surface area contributed by atoms with Gasteiger partial charge in [0.2, 0.25) is 0 Å². The highest BCUT2D eigenvalue weighted by Gasteiger charge is 2.12. The monoisotopic (exact) mass is 323 g/mol. The van der Waals surface area contributed by atoms with Gasteiger partial charge >= 0.3 is 0 Å². The molecule has 19 heavy (non-hydrogen) atoms. The first-order valence-corrected chi connectivity index (χ1v) is 7.35. The average Bonchev–Trinajstić information content (AvgIpc) is 2.46. The van der Waals surface area contributed by atoms with Crippen molar-refractivity contribution in [1.29, 1.82) is 5.26 Å². The largest absolute Gasteiger partial charge is 0.382 e. The van der Waals surface area contributed by atoms with Crippen LogP contribution in [0.5, 0.6) is 0 Å². The van der Waals surface area contributed by atoms with Crippen molar-refractivity contribution in [2.24, 2.45) is 0 Å².